The highest BCUT2D eigenvalue weighted by atomic mass is 79.9. The second-order valence-corrected chi connectivity index (χ2v) is 9.05. The van der Waals surface area contributed by atoms with E-state index in [1.54, 1.807) is 18.4 Å². The van der Waals surface area contributed by atoms with E-state index in [-0.39, 0.29) is 4.83 Å². The molecule has 0 bridgehead atoms. The molecular weight excluding hydrogens is 512 g/mol. The number of hydrogen-bond donors (Lipinski definition) is 0. The van der Waals surface area contributed by atoms with Crippen LogP contribution in [0.25, 0.3) is 0 Å². The van der Waals surface area contributed by atoms with Crippen molar-refractivity contribution in [3.63, 3.8) is 0 Å². The smallest absolute Gasteiger partial charge is 0.120 e. The fraction of sp³-hybridized carbons (Fsp3) is 0.167. The number of hydrogen-bond acceptors (Lipinski definition) is 2. The van der Waals surface area contributed by atoms with Crippen molar-refractivity contribution >= 4 is 75.1 Å². The topological polar surface area (TPSA) is 9.23 Å². The van der Waals surface area contributed by atoms with Crippen molar-refractivity contribution in [3.05, 3.63) is 47.4 Å². The summed E-state index contributed by atoms with van der Waals surface area (Å²) in [6.45, 7) is 0. The maximum absolute atomic E-state index is 5.20. The predicted octanol–water partition coefficient (Wildman–Crippen LogP) is 6.53. The van der Waals surface area contributed by atoms with Gasteiger partial charge < -0.3 is 4.74 Å². The highest BCUT2D eigenvalue weighted by Crippen LogP contribution is 2.44. The molecule has 0 saturated carbocycles. The number of halogens is 4. The van der Waals surface area contributed by atoms with Crippen LogP contribution in [0.4, 0.5) is 0 Å². The van der Waals surface area contributed by atoms with Crippen LogP contribution in [0.1, 0.15) is 16.0 Å². The van der Waals surface area contributed by atoms with Crippen molar-refractivity contribution in [1.82, 2.24) is 0 Å². The lowest BCUT2D eigenvalue weighted by atomic mass is 10.1. The third kappa shape index (κ3) is 3.20. The van der Waals surface area contributed by atoms with Crippen molar-refractivity contribution in [2.45, 2.75) is 4.83 Å². The van der Waals surface area contributed by atoms with Gasteiger partial charge in [0.05, 0.1) is 19.5 Å². The van der Waals surface area contributed by atoms with Crippen LogP contribution in [0.3, 0.4) is 0 Å². The van der Waals surface area contributed by atoms with Crippen molar-refractivity contribution in [2.75, 3.05) is 7.11 Å². The maximum atomic E-state index is 5.20. The minimum absolute atomic E-state index is 0.134. The summed E-state index contributed by atoms with van der Waals surface area (Å²) in [5.41, 5.74) is 2.37. The van der Waals surface area contributed by atoms with Gasteiger partial charge in [0.25, 0.3) is 0 Å². The molecule has 0 spiro atoms. The third-order valence-corrected chi connectivity index (χ3v) is 6.50. The summed E-state index contributed by atoms with van der Waals surface area (Å²) in [6, 6.07) is 8.10. The van der Waals surface area contributed by atoms with E-state index < -0.39 is 0 Å². The molecule has 2 aromatic rings. The molecule has 96 valence electrons. The first-order valence-electron chi connectivity index (χ1n) is 4.95. The van der Waals surface area contributed by atoms with E-state index in [2.05, 4.69) is 75.9 Å². The first-order chi connectivity index (χ1) is 8.52. The number of rotatable bonds is 3. The molecule has 1 heterocycles. The molecule has 0 aliphatic carbocycles. The molecule has 0 aliphatic rings. The summed E-state index contributed by atoms with van der Waals surface area (Å²) < 4.78 is 8.46. The van der Waals surface area contributed by atoms with E-state index in [4.69, 9.17) is 4.74 Å². The Kier molecular flexibility index (Phi) is 5.34. The number of methoxy groups -OCH3 is 1. The number of thiophene rings is 1. The van der Waals surface area contributed by atoms with Crippen molar-refractivity contribution in [1.29, 1.82) is 0 Å². The van der Waals surface area contributed by atoms with Crippen molar-refractivity contribution < 1.29 is 4.74 Å². The Balaban J connectivity index is 2.39. The van der Waals surface area contributed by atoms with Crippen LogP contribution in [0.15, 0.2) is 36.3 Å². The Morgan fingerprint density at radius 2 is 1.83 bits per heavy atom. The zero-order chi connectivity index (χ0) is 13.3. The van der Waals surface area contributed by atoms with Gasteiger partial charge in [0, 0.05) is 4.47 Å². The summed E-state index contributed by atoms with van der Waals surface area (Å²) in [5, 5.41) is 0. The molecule has 1 nitrogen and oxygen atoms in total. The van der Waals surface area contributed by atoms with Crippen LogP contribution >= 0.6 is 75.1 Å². The standard InChI is InChI=1S/C12H8Br4OS/c1-17-6-2-3-7(9(13)4-6)11(15)8-5-10(14)18-12(8)16/h2-5,11H,1H3. The minimum atomic E-state index is 0.134. The molecule has 0 saturated heterocycles. The lowest BCUT2D eigenvalue weighted by Crippen LogP contribution is -1.94. The first-order valence-corrected chi connectivity index (χ1v) is 9.06. The summed E-state index contributed by atoms with van der Waals surface area (Å²) in [5.74, 6) is 0.843. The largest absolute Gasteiger partial charge is 0.497 e. The van der Waals surface area contributed by atoms with Crippen LogP contribution in [-0.4, -0.2) is 7.11 Å². The Hall–Kier alpha value is 0.640. The number of benzene rings is 1. The zero-order valence-corrected chi connectivity index (χ0v) is 16.4. The highest BCUT2D eigenvalue weighted by molar-refractivity contribution is 9.12. The molecule has 1 atom stereocenters. The van der Waals surface area contributed by atoms with Gasteiger partial charge in [0.2, 0.25) is 0 Å². The molecule has 0 fully saturated rings. The van der Waals surface area contributed by atoms with Gasteiger partial charge in [-0.05, 0) is 61.2 Å². The predicted molar refractivity (Wildman–Crippen MR) is 91.2 cm³/mol. The minimum Gasteiger partial charge on any atom is -0.497 e. The van der Waals surface area contributed by atoms with Gasteiger partial charge in [-0.2, -0.15) is 0 Å². The lowest BCUT2D eigenvalue weighted by Gasteiger charge is -2.12. The second kappa shape index (κ2) is 6.39. The Labute approximate surface area is 143 Å². The Bertz CT molecular complexity index is 567. The zero-order valence-electron chi connectivity index (χ0n) is 9.22. The normalized spacial score (nSPS) is 12.5. The number of ether oxygens (including phenoxy) is 1. The maximum Gasteiger partial charge on any atom is 0.120 e. The summed E-state index contributed by atoms with van der Waals surface area (Å²) in [6.07, 6.45) is 0. The quantitative estimate of drug-likeness (QED) is 0.419. The van der Waals surface area contributed by atoms with Crippen molar-refractivity contribution in [2.24, 2.45) is 0 Å². The summed E-state index contributed by atoms with van der Waals surface area (Å²) in [7, 11) is 1.67. The fourth-order valence-corrected chi connectivity index (χ4v) is 6.55. The Morgan fingerprint density at radius 1 is 1.11 bits per heavy atom. The Morgan fingerprint density at radius 3 is 2.33 bits per heavy atom. The van der Waals surface area contributed by atoms with E-state index in [9.17, 15) is 0 Å². The SMILES string of the molecule is COc1ccc(C(Br)c2cc(Br)sc2Br)c(Br)c1. The second-order valence-electron chi connectivity index (χ2n) is 3.53. The molecule has 1 aromatic carbocycles. The molecule has 6 heteroatoms. The van der Waals surface area contributed by atoms with Crippen molar-refractivity contribution in [3.8, 4) is 5.75 Å². The summed E-state index contributed by atoms with van der Waals surface area (Å²) in [4.78, 5) is 0.134. The van der Waals surface area contributed by atoms with Gasteiger partial charge >= 0.3 is 0 Å². The van der Waals surface area contributed by atoms with Crippen LogP contribution in [0, 0.1) is 0 Å². The molecule has 0 aliphatic heterocycles. The van der Waals surface area contributed by atoms with Gasteiger partial charge in [0.1, 0.15) is 5.75 Å². The van der Waals surface area contributed by atoms with Gasteiger partial charge in [-0.1, -0.05) is 37.9 Å². The van der Waals surface area contributed by atoms with E-state index >= 15 is 0 Å². The molecule has 1 aromatic heterocycles. The van der Waals surface area contributed by atoms with Gasteiger partial charge in [0.15, 0.2) is 0 Å². The van der Waals surface area contributed by atoms with Crippen LogP contribution in [-0.2, 0) is 0 Å². The number of alkyl halides is 1. The molecule has 0 amide bonds. The van der Waals surface area contributed by atoms with E-state index in [1.165, 1.54) is 11.1 Å². The average molecular weight is 520 g/mol. The molecule has 0 radical (unpaired) electrons. The molecule has 2 rings (SSSR count). The molecule has 1 unspecified atom stereocenters. The molecular formula is C12H8Br4OS. The average Bonchev–Trinajstić information content (AvgIpc) is 2.67. The molecule has 0 N–H and O–H groups in total. The van der Waals surface area contributed by atoms with Crippen LogP contribution < -0.4 is 4.74 Å². The van der Waals surface area contributed by atoms with Gasteiger partial charge in [-0.3, -0.25) is 0 Å². The van der Waals surface area contributed by atoms with E-state index in [0.29, 0.717) is 0 Å². The lowest BCUT2D eigenvalue weighted by molar-refractivity contribution is 0.414. The van der Waals surface area contributed by atoms with Gasteiger partial charge in [-0.15, -0.1) is 11.3 Å². The van der Waals surface area contributed by atoms with Crippen LogP contribution in [0.2, 0.25) is 0 Å². The molecule has 18 heavy (non-hydrogen) atoms. The monoisotopic (exact) mass is 516 g/mol. The van der Waals surface area contributed by atoms with Gasteiger partial charge in [-0.25, -0.2) is 0 Å². The summed E-state index contributed by atoms with van der Waals surface area (Å²) >= 11 is 16.1. The highest BCUT2D eigenvalue weighted by Gasteiger charge is 2.18. The van der Waals surface area contributed by atoms with Crippen LogP contribution in [0.5, 0.6) is 5.75 Å². The van der Waals surface area contributed by atoms with E-state index in [1.807, 2.05) is 12.1 Å². The van der Waals surface area contributed by atoms with E-state index in [0.717, 1.165) is 17.8 Å². The third-order valence-electron chi connectivity index (χ3n) is 2.44. The fourth-order valence-electron chi connectivity index (χ4n) is 1.53. The first kappa shape index (κ1) is 15.0.